The van der Waals surface area contributed by atoms with Gasteiger partial charge in [0.25, 0.3) is 0 Å². The molecule has 0 N–H and O–H groups in total. The topological polar surface area (TPSA) is 44.2 Å². The van der Waals surface area contributed by atoms with Gasteiger partial charge in [0.05, 0.1) is 19.8 Å². The third kappa shape index (κ3) is 2.96. The number of rotatable bonds is 4. The highest BCUT2D eigenvalue weighted by atomic mass is 35.5. The molecular formula is C14H15ClN2O2. The van der Waals surface area contributed by atoms with Gasteiger partial charge in [-0.2, -0.15) is 0 Å². The molecule has 1 aromatic heterocycles. The summed E-state index contributed by atoms with van der Waals surface area (Å²) in [5.41, 5.74) is 1.65. The summed E-state index contributed by atoms with van der Waals surface area (Å²) < 4.78 is 10.6. The van der Waals surface area contributed by atoms with Crippen LogP contribution in [0.25, 0.3) is 11.4 Å². The quantitative estimate of drug-likeness (QED) is 0.804. The molecule has 0 aliphatic rings. The van der Waals surface area contributed by atoms with Gasteiger partial charge in [-0.05, 0) is 30.7 Å². The lowest BCUT2D eigenvalue weighted by molar-refractivity contribution is 0.404. The molecule has 0 saturated carbocycles. The number of methoxy groups -OCH3 is 2. The highest BCUT2D eigenvalue weighted by molar-refractivity contribution is 6.29. The standard InChI is InChI=1S/C14H15ClN2O2/c1-4-9-7-13(15)17-14(16-9)11-8-10(18-2)5-6-12(11)19-3/h5-8H,4H2,1-3H3. The zero-order valence-corrected chi connectivity index (χ0v) is 11.9. The molecule has 100 valence electrons. The van der Waals surface area contributed by atoms with E-state index in [1.807, 2.05) is 25.1 Å². The molecule has 0 fully saturated rings. The van der Waals surface area contributed by atoms with E-state index in [1.54, 1.807) is 20.3 Å². The highest BCUT2D eigenvalue weighted by Crippen LogP contribution is 2.32. The van der Waals surface area contributed by atoms with Gasteiger partial charge in [0.15, 0.2) is 5.82 Å². The number of ether oxygens (including phenoxy) is 2. The summed E-state index contributed by atoms with van der Waals surface area (Å²) in [5.74, 6) is 1.95. The number of hydrogen-bond acceptors (Lipinski definition) is 4. The molecule has 0 radical (unpaired) electrons. The van der Waals surface area contributed by atoms with E-state index >= 15 is 0 Å². The molecule has 1 heterocycles. The Bertz CT molecular complexity index is 588. The van der Waals surface area contributed by atoms with E-state index in [1.165, 1.54) is 0 Å². The van der Waals surface area contributed by atoms with E-state index in [-0.39, 0.29) is 0 Å². The first kappa shape index (κ1) is 13.6. The summed E-state index contributed by atoms with van der Waals surface area (Å²) in [6, 6.07) is 7.25. The number of aryl methyl sites for hydroxylation is 1. The molecule has 0 unspecified atom stereocenters. The summed E-state index contributed by atoms with van der Waals surface area (Å²) in [6.07, 6.45) is 0.793. The van der Waals surface area contributed by atoms with Gasteiger partial charge in [0.2, 0.25) is 0 Å². The first-order valence-corrected chi connectivity index (χ1v) is 6.31. The Hall–Kier alpha value is -1.81. The van der Waals surface area contributed by atoms with Crippen LogP contribution < -0.4 is 9.47 Å². The van der Waals surface area contributed by atoms with E-state index in [2.05, 4.69) is 9.97 Å². The molecule has 4 nitrogen and oxygen atoms in total. The third-order valence-corrected chi connectivity index (χ3v) is 2.95. The van der Waals surface area contributed by atoms with Crippen LogP contribution >= 0.6 is 11.6 Å². The monoisotopic (exact) mass is 278 g/mol. The van der Waals surface area contributed by atoms with Crippen LogP contribution in [0.1, 0.15) is 12.6 Å². The van der Waals surface area contributed by atoms with Crippen LogP contribution in [-0.2, 0) is 6.42 Å². The van der Waals surface area contributed by atoms with Crippen molar-refractivity contribution in [3.05, 3.63) is 35.1 Å². The Morgan fingerprint density at radius 3 is 2.53 bits per heavy atom. The number of benzene rings is 1. The van der Waals surface area contributed by atoms with Crippen molar-refractivity contribution in [3.8, 4) is 22.9 Å². The van der Waals surface area contributed by atoms with E-state index < -0.39 is 0 Å². The van der Waals surface area contributed by atoms with Gasteiger partial charge in [-0.3, -0.25) is 0 Å². The molecule has 0 aliphatic carbocycles. The maximum absolute atomic E-state index is 6.02. The van der Waals surface area contributed by atoms with E-state index in [4.69, 9.17) is 21.1 Å². The van der Waals surface area contributed by atoms with Crippen molar-refractivity contribution in [1.29, 1.82) is 0 Å². The SMILES string of the molecule is CCc1cc(Cl)nc(-c2cc(OC)ccc2OC)n1. The molecule has 0 aliphatic heterocycles. The Kier molecular flexibility index (Phi) is 4.22. The van der Waals surface area contributed by atoms with Crippen molar-refractivity contribution < 1.29 is 9.47 Å². The minimum atomic E-state index is 0.423. The molecule has 0 spiro atoms. The average Bonchev–Trinajstić information content (AvgIpc) is 2.45. The van der Waals surface area contributed by atoms with Crippen molar-refractivity contribution in [1.82, 2.24) is 9.97 Å². The van der Waals surface area contributed by atoms with Gasteiger partial charge >= 0.3 is 0 Å². The zero-order valence-electron chi connectivity index (χ0n) is 11.1. The van der Waals surface area contributed by atoms with Crippen LogP contribution in [0, 0.1) is 0 Å². The van der Waals surface area contributed by atoms with Crippen LogP contribution in [-0.4, -0.2) is 24.2 Å². The first-order chi connectivity index (χ1) is 9.17. The lowest BCUT2D eigenvalue weighted by Crippen LogP contribution is -1.98. The molecule has 19 heavy (non-hydrogen) atoms. The van der Waals surface area contributed by atoms with Gasteiger partial charge in [-0.15, -0.1) is 0 Å². The van der Waals surface area contributed by atoms with E-state index in [9.17, 15) is 0 Å². The van der Waals surface area contributed by atoms with Gasteiger partial charge in [0.1, 0.15) is 16.7 Å². The van der Waals surface area contributed by atoms with Crippen molar-refractivity contribution in [2.24, 2.45) is 0 Å². The maximum atomic E-state index is 6.02. The van der Waals surface area contributed by atoms with Crippen LogP contribution in [0.3, 0.4) is 0 Å². The fraction of sp³-hybridized carbons (Fsp3) is 0.286. The van der Waals surface area contributed by atoms with Crippen LogP contribution in [0.2, 0.25) is 5.15 Å². The summed E-state index contributed by atoms with van der Waals surface area (Å²) in [5, 5.41) is 0.423. The van der Waals surface area contributed by atoms with Crippen molar-refractivity contribution in [2.45, 2.75) is 13.3 Å². The molecule has 0 bridgehead atoms. The van der Waals surface area contributed by atoms with Crippen LogP contribution in [0.4, 0.5) is 0 Å². The van der Waals surface area contributed by atoms with Gasteiger partial charge in [0, 0.05) is 5.69 Å². The number of hydrogen-bond donors (Lipinski definition) is 0. The predicted octanol–water partition coefficient (Wildman–Crippen LogP) is 3.38. The second-order valence-electron chi connectivity index (χ2n) is 3.93. The fourth-order valence-corrected chi connectivity index (χ4v) is 1.96. The molecular weight excluding hydrogens is 264 g/mol. The number of halogens is 1. The minimum Gasteiger partial charge on any atom is -0.497 e. The van der Waals surface area contributed by atoms with Crippen molar-refractivity contribution in [3.63, 3.8) is 0 Å². The van der Waals surface area contributed by atoms with Gasteiger partial charge in [-0.1, -0.05) is 18.5 Å². The lowest BCUT2D eigenvalue weighted by atomic mass is 10.1. The first-order valence-electron chi connectivity index (χ1n) is 5.93. The Labute approximate surface area is 117 Å². The average molecular weight is 279 g/mol. The molecule has 0 amide bonds. The minimum absolute atomic E-state index is 0.423. The van der Waals surface area contributed by atoms with E-state index in [0.29, 0.717) is 16.7 Å². The predicted molar refractivity (Wildman–Crippen MR) is 75.0 cm³/mol. The second-order valence-corrected chi connectivity index (χ2v) is 4.31. The van der Waals surface area contributed by atoms with Gasteiger partial charge in [-0.25, -0.2) is 9.97 Å². The lowest BCUT2D eigenvalue weighted by Gasteiger charge is -2.10. The van der Waals surface area contributed by atoms with Crippen molar-refractivity contribution >= 4 is 11.6 Å². The van der Waals surface area contributed by atoms with Gasteiger partial charge < -0.3 is 9.47 Å². The Balaban J connectivity index is 2.59. The molecule has 0 atom stereocenters. The molecule has 2 aromatic rings. The molecule has 0 saturated heterocycles. The number of nitrogens with zero attached hydrogens (tertiary/aromatic N) is 2. The maximum Gasteiger partial charge on any atom is 0.164 e. The third-order valence-electron chi connectivity index (χ3n) is 2.76. The molecule has 5 heteroatoms. The fourth-order valence-electron chi connectivity index (χ4n) is 1.75. The largest absolute Gasteiger partial charge is 0.497 e. The van der Waals surface area contributed by atoms with E-state index in [0.717, 1.165) is 23.4 Å². The molecule has 2 rings (SSSR count). The highest BCUT2D eigenvalue weighted by Gasteiger charge is 2.12. The Morgan fingerprint density at radius 2 is 1.89 bits per heavy atom. The summed E-state index contributed by atoms with van der Waals surface area (Å²) >= 11 is 6.02. The zero-order chi connectivity index (χ0) is 13.8. The number of aromatic nitrogens is 2. The normalized spacial score (nSPS) is 10.3. The summed E-state index contributed by atoms with van der Waals surface area (Å²) in [7, 11) is 3.22. The second kappa shape index (κ2) is 5.89. The summed E-state index contributed by atoms with van der Waals surface area (Å²) in [4.78, 5) is 8.73. The van der Waals surface area contributed by atoms with Crippen LogP contribution in [0.5, 0.6) is 11.5 Å². The molecule has 1 aromatic carbocycles. The summed E-state index contributed by atoms with van der Waals surface area (Å²) in [6.45, 7) is 2.02. The van der Waals surface area contributed by atoms with Crippen molar-refractivity contribution in [2.75, 3.05) is 14.2 Å². The smallest absolute Gasteiger partial charge is 0.164 e. The van der Waals surface area contributed by atoms with Crippen LogP contribution in [0.15, 0.2) is 24.3 Å². The Morgan fingerprint density at radius 1 is 1.11 bits per heavy atom.